The van der Waals surface area contributed by atoms with E-state index in [9.17, 15) is 9.59 Å². The van der Waals surface area contributed by atoms with Crippen LogP contribution in [-0.2, 0) is 20.7 Å². The van der Waals surface area contributed by atoms with Crippen LogP contribution in [0.4, 0.5) is 0 Å². The molecule has 0 spiro atoms. The summed E-state index contributed by atoms with van der Waals surface area (Å²) in [4.78, 5) is 22.7. The minimum atomic E-state index is -0.995. The number of nitrogens with one attached hydrogen (secondary N) is 1. The van der Waals surface area contributed by atoms with E-state index in [2.05, 4.69) is 43.4 Å². The molecular formula is C18H25NO4. The number of carboxylic acids is 1. The van der Waals surface area contributed by atoms with Crippen LogP contribution < -0.4 is 5.32 Å². The highest BCUT2D eigenvalue weighted by molar-refractivity contribution is 5.82. The van der Waals surface area contributed by atoms with Crippen molar-refractivity contribution in [1.29, 1.82) is 0 Å². The molecule has 0 unspecified atom stereocenters. The smallest absolute Gasteiger partial charge is 0.332 e. The van der Waals surface area contributed by atoms with Crippen LogP contribution in [0.5, 0.6) is 0 Å². The first kappa shape index (κ1) is 17.5. The normalized spacial score (nSPS) is 20.7. The molecule has 1 heterocycles. The molecule has 5 nitrogen and oxygen atoms in total. The summed E-state index contributed by atoms with van der Waals surface area (Å²) in [6.07, 6.45) is 1.16. The zero-order valence-corrected chi connectivity index (χ0v) is 13.7. The van der Waals surface area contributed by atoms with Gasteiger partial charge in [-0.25, -0.2) is 4.79 Å². The van der Waals surface area contributed by atoms with Gasteiger partial charge in [0.25, 0.3) is 0 Å². The Morgan fingerprint density at radius 2 is 1.87 bits per heavy atom. The second kappa shape index (κ2) is 8.11. The molecule has 0 aromatic heterocycles. The average Bonchev–Trinajstić information content (AvgIpc) is 3.02. The summed E-state index contributed by atoms with van der Waals surface area (Å²) in [5.41, 5.74) is 2.58. The largest absolute Gasteiger partial charge is 0.479 e. The highest BCUT2D eigenvalue weighted by atomic mass is 16.5. The predicted molar refractivity (Wildman–Crippen MR) is 87.4 cm³/mol. The lowest BCUT2D eigenvalue weighted by Gasteiger charge is -2.12. The molecule has 0 bridgehead atoms. The van der Waals surface area contributed by atoms with Gasteiger partial charge < -0.3 is 15.2 Å². The van der Waals surface area contributed by atoms with Gasteiger partial charge in [0.2, 0.25) is 5.91 Å². The van der Waals surface area contributed by atoms with Crippen LogP contribution in [0.1, 0.15) is 50.2 Å². The number of carbonyl (C=O) groups excluding carboxylic acids is 1. The molecule has 1 aromatic carbocycles. The van der Waals surface area contributed by atoms with Crippen molar-refractivity contribution in [3.63, 3.8) is 0 Å². The SMILES string of the molecule is CC(C)c1ccc(CCCNC(=O)[C@@H]2CC[C@H](C(=O)O)O2)cc1. The molecule has 1 fully saturated rings. The number of rotatable bonds is 7. The van der Waals surface area contributed by atoms with Crippen LogP contribution in [0.3, 0.4) is 0 Å². The summed E-state index contributed by atoms with van der Waals surface area (Å²) in [5, 5.41) is 11.7. The first-order valence-electron chi connectivity index (χ1n) is 8.22. The van der Waals surface area contributed by atoms with E-state index in [-0.39, 0.29) is 5.91 Å². The Bertz CT molecular complexity index is 538. The predicted octanol–water partition coefficient (Wildman–Crippen LogP) is 2.49. The van der Waals surface area contributed by atoms with Crippen LogP contribution in [-0.4, -0.2) is 35.7 Å². The summed E-state index contributed by atoms with van der Waals surface area (Å²) in [7, 11) is 0. The van der Waals surface area contributed by atoms with Crippen molar-refractivity contribution in [2.45, 2.75) is 57.7 Å². The van der Waals surface area contributed by atoms with Crippen molar-refractivity contribution < 1.29 is 19.4 Å². The lowest BCUT2D eigenvalue weighted by atomic mass is 10.0. The monoisotopic (exact) mass is 319 g/mol. The number of amides is 1. The lowest BCUT2D eigenvalue weighted by Crippen LogP contribution is -2.36. The fourth-order valence-electron chi connectivity index (χ4n) is 2.70. The standard InChI is InChI=1S/C18H25NO4/c1-12(2)14-7-5-13(6-8-14)4-3-11-19-17(20)15-9-10-16(23-15)18(21)22/h5-8,12,15-16H,3-4,9-11H2,1-2H3,(H,19,20)(H,21,22)/t15-,16+/m0/s1. The molecule has 126 valence electrons. The summed E-state index contributed by atoms with van der Waals surface area (Å²) < 4.78 is 5.22. The number of aliphatic carboxylic acids is 1. The number of carbonyl (C=O) groups is 2. The fraction of sp³-hybridized carbons (Fsp3) is 0.556. The maximum absolute atomic E-state index is 11.9. The quantitative estimate of drug-likeness (QED) is 0.757. The molecule has 1 saturated heterocycles. The number of ether oxygens (including phenoxy) is 1. The molecule has 23 heavy (non-hydrogen) atoms. The van der Waals surface area contributed by atoms with Gasteiger partial charge >= 0.3 is 5.97 Å². The van der Waals surface area contributed by atoms with E-state index < -0.39 is 18.2 Å². The van der Waals surface area contributed by atoms with Crippen LogP contribution in [0.2, 0.25) is 0 Å². The number of benzene rings is 1. The Hall–Kier alpha value is -1.88. The third kappa shape index (κ3) is 5.06. The number of aryl methyl sites for hydroxylation is 1. The third-order valence-electron chi connectivity index (χ3n) is 4.18. The lowest BCUT2D eigenvalue weighted by molar-refractivity contribution is -0.151. The van der Waals surface area contributed by atoms with E-state index in [1.54, 1.807) is 0 Å². The van der Waals surface area contributed by atoms with Crippen molar-refractivity contribution in [2.75, 3.05) is 6.54 Å². The molecule has 1 aliphatic heterocycles. The minimum Gasteiger partial charge on any atom is -0.479 e. The average molecular weight is 319 g/mol. The van der Waals surface area contributed by atoms with Crippen molar-refractivity contribution in [3.8, 4) is 0 Å². The van der Waals surface area contributed by atoms with Gasteiger partial charge in [-0.05, 0) is 42.7 Å². The van der Waals surface area contributed by atoms with Crippen molar-refractivity contribution in [1.82, 2.24) is 5.32 Å². The molecule has 2 N–H and O–H groups in total. The molecular weight excluding hydrogens is 294 g/mol. The number of carboxylic acid groups (broad SMARTS) is 1. The van der Waals surface area contributed by atoms with E-state index in [4.69, 9.17) is 9.84 Å². The van der Waals surface area contributed by atoms with Crippen LogP contribution in [0, 0.1) is 0 Å². The Balaban J connectivity index is 1.67. The van der Waals surface area contributed by atoms with E-state index in [1.165, 1.54) is 11.1 Å². The van der Waals surface area contributed by atoms with Crippen molar-refractivity contribution in [2.24, 2.45) is 0 Å². The molecule has 0 aliphatic carbocycles. The maximum atomic E-state index is 11.9. The van der Waals surface area contributed by atoms with Crippen LogP contribution in [0.15, 0.2) is 24.3 Å². The van der Waals surface area contributed by atoms with Gasteiger partial charge in [0.05, 0.1) is 0 Å². The summed E-state index contributed by atoms with van der Waals surface area (Å²) in [6.45, 7) is 4.91. The summed E-state index contributed by atoms with van der Waals surface area (Å²) in [6, 6.07) is 8.57. The second-order valence-electron chi connectivity index (χ2n) is 6.32. The van der Waals surface area contributed by atoms with E-state index in [0.29, 0.717) is 25.3 Å². The topological polar surface area (TPSA) is 75.6 Å². The Labute approximate surface area is 137 Å². The van der Waals surface area contributed by atoms with E-state index in [1.807, 2.05) is 0 Å². The van der Waals surface area contributed by atoms with Crippen molar-refractivity contribution in [3.05, 3.63) is 35.4 Å². The van der Waals surface area contributed by atoms with Gasteiger partial charge in [-0.15, -0.1) is 0 Å². The zero-order valence-electron chi connectivity index (χ0n) is 13.7. The van der Waals surface area contributed by atoms with Gasteiger partial charge in [-0.1, -0.05) is 38.1 Å². The summed E-state index contributed by atoms with van der Waals surface area (Å²) in [5.74, 6) is -0.668. The minimum absolute atomic E-state index is 0.205. The van der Waals surface area contributed by atoms with E-state index >= 15 is 0 Å². The molecule has 1 amide bonds. The number of hydrogen-bond donors (Lipinski definition) is 2. The molecule has 2 rings (SSSR count). The highest BCUT2D eigenvalue weighted by Crippen LogP contribution is 2.20. The molecule has 1 aliphatic rings. The zero-order chi connectivity index (χ0) is 16.8. The Kier molecular flexibility index (Phi) is 6.16. The van der Waals surface area contributed by atoms with Crippen LogP contribution >= 0.6 is 0 Å². The van der Waals surface area contributed by atoms with Crippen molar-refractivity contribution >= 4 is 11.9 Å². The molecule has 1 aromatic rings. The van der Waals surface area contributed by atoms with Gasteiger partial charge in [0.1, 0.15) is 6.10 Å². The highest BCUT2D eigenvalue weighted by Gasteiger charge is 2.34. The fourth-order valence-corrected chi connectivity index (χ4v) is 2.70. The molecule has 0 radical (unpaired) electrons. The van der Waals surface area contributed by atoms with Gasteiger partial charge in [-0.3, -0.25) is 4.79 Å². The molecule has 5 heteroatoms. The van der Waals surface area contributed by atoms with Gasteiger partial charge in [0.15, 0.2) is 6.10 Å². The second-order valence-corrected chi connectivity index (χ2v) is 6.32. The third-order valence-corrected chi connectivity index (χ3v) is 4.18. The van der Waals surface area contributed by atoms with Gasteiger partial charge in [0, 0.05) is 6.54 Å². The van der Waals surface area contributed by atoms with Gasteiger partial charge in [-0.2, -0.15) is 0 Å². The van der Waals surface area contributed by atoms with Crippen LogP contribution in [0.25, 0.3) is 0 Å². The Morgan fingerprint density at radius 3 is 2.43 bits per heavy atom. The van der Waals surface area contributed by atoms with E-state index in [0.717, 1.165) is 12.8 Å². The summed E-state index contributed by atoms with van der Waals surface area (Å²) >= 11 is 0. The first-order valence-corrected chi connectivity index (χ1v) is 8.22. The number of hydrogen-bond acceptors (Lipinski definition) is 3. The molecule has 0 saturated carbocycles. The Morgan fingerprint density at radius 1 is 1.22 bits per heavy atom. The molecule has 2 atom stereocenters. The maximum Gasteiger partial charge on any atom is 0.332 e. The first-order chi connectivity index (χ1) is 11.0.